The van der Waals surface area contributed by atoms with Gasteiger partial charge >= 0.3 is 0 Å². The minimum atomic E-state index is -0.491. The van der Waals surface area contributed by atoms with Crippen LogP contribution in [-0.4, -0.2) is 4.57 Å². The first-order chi connectivity index (χ1) is 57.6. The number of thiophene rings is 1. The van der Waals surface area contributed by atoms with Gasteiger partial charge in [0.15, 0.2) is 0 Å². The molecule has 0 fully saturated rings. The van der Waals surface area contributed by atoms with Gasteiger partial charge in [-0.25, -0.2) is 0 Å². The molecule has 18 aromatic carbocycles. The lowest BCUT2D eigenvalue weighted by molar-refractivity contribution is 0.669. The summed E-state index contributed by atoms with van der Waals surface area (Å²) in [7, 11) is 0. The molecular formula is C110H70N4OS. The van der Waals surface area contributed by atoms with Crippen molar-refractivity contribution in [1.82, 2.24) is 4.57 Å². The Morgan fingerprint density at radius 3 is 1.40 bits per heavy atom. The van der Waals surface area contributed by atoms with Gasteiger partial charge in [0.05, 0.1) is 38.9 Å². The molecule has 6 heteroatoms. The molecule has 4 aliphatic rings. The number of anilines is 9. The number of fused-ring (bicyclic) bond motifs is 27. The van der Waals surface area contributed by atoms with Crippen molar-refractivity contribution in [2.45, 2.75) is 10.8 Å². The molecule has 2 aliphatic heterocycles. The van der Waals surface area contributed by atoms with E-state index in [1.807, 2.05) is 23.5 Å². The van der Waals surface area contributed by atoms with E-state index in [4.69, 9.17) is 4.42 Å². The maximum absolute atomic E-state index is 6.19. The Bertz CT molecular complexity index is 7500. The number of aromatic nitrogens is 1. The molecule has 5 heterocycles. The van der Waals surface area contributed by atoms with E-state index >= 15 is 0 Å². The molecule has 116 heavy (non-hydrogen) atoms. The molecule has 0 saturated heterocycles. The number of para-hydroxylation sites is 9. The predicted molar refractivity (Wildman–Crippen MR) is 484 cm³/mol. The first-order valence-electron chi connectivity index (χ1n) is 39.9. The smallest absolute Gasteiger partial charge is 0.135 e. The fraction of sp³-hybridized carbons (Fsp3) is 0.0182. The van der Waals surface area contributed by atoms with Gasteiger partial charge in [-0.2, -0.15) is 0 Å². The minimum Gasteiger partial charge on any atom is -0.456 e. The van der Waals surface area contributed by atoms with Crippen LogP contribution in [0.15, 0.2) is 429 Å². The van der Waals surface area contributed by atoms with Gasteiger partial charge in [0.25, 0.3) is 0 Å². The fourth-order valence-electron chi connectivity index (χ4n) is 20.3. The number of hydrogen-bond acceptors (Lipinski definition) is 5. The maximum Gasteiger partial charge on any atom is 0.135 e. The number of rotatable bonds is 9. The summed E-state index contributed by atoms with van der Waals surface area (Å²) in [6.45, 7) is 0. The summed E-state index contributed by atoms with van der Waals surface area (Å²) in [6, 6.07) is 156. The summed E-state index contributed by atoms with van der Waals surface area (Å²) < 4.78 is 11.3. The van der Waals surface area contributed by atoms with Crippen LogP contribution >= 0.6 is 11.3 Å². The van der Waals surface area contributed by atoms with Gasteiger partial charge in [0, 0.05) is 81.5 Å². The normalized spacial score (nSPS) is 14.1. The van der Waals surface area contributed by atoms with Gasteiger partial charge in [-0.05, 0) is 229 Å². The Balaban J connectivity index is 0.000000133. The molecular weight excluding hydrogens is 1430 g/mol. The van der Waals surface area contributed by atoms with Gasteiger partial charge in [0.2, 0.25) is 0 Å². The van der Waals surface area contributed by atoms with E-state index in [1.54, 1.807) is 0 Å². The molecule has 2 spiro atoms. The molecule has 0 N–H and O–H groups in total. The Morgan fingerprint density at radius 1 is 0.241 bits per heavy atom. The summed E-state index contributed by atoms with van der Waals surface area (Å²) in [5.41, 5.74) is 35.5. The van der Waals surface area contributed by atoms with Crippen LogP contribution in [0.1, 0.15) is 44.5 Å². The lowest BCUT2D eigenvalue weighted by Crippen LogP contribution is -2.36. The minimum absolute atomic E-state index is 0.452. The van der Waals surface area contributed by atoms with E-state index in [-0.39, 0.29) is 0 Å². The van der Waals surface area contributed by atoms with Crippen molar-refractivity contribution in [3.63, 3.8) is 0 Å². The molecule has 2 aliphatic carbocycles. The third-order valence-electron chi connectivity index (χ3n) is 25.0. The monoisotopic (exact) mass is 1490 g/mol. The zero-order valence-corrected chi connectivity index (χ0v) is 63.8. The standard InChI is InChI=1S/C55H34N2O.C55H36N2S/c1-2-13-37(14-3-1)56(39-30-32-53-45(34-39)42-17-6-11-24-52(42)58-53)38-28-25-35(26-29-38)36-27-31-47-44(33-36)40-15-4-7-19-46(40)55(47)48-20-8-10-23-51(48)57-50-22-9-5-16-41(50)43-18-12-21-49(55)54(43)57;1-3-16-38(17-4-1)56(41-34-35-53-45(36-41)43-20-8-14-29-52(43)58-53)40-32-30-37(31-33-40)42-22-15-26-49-54(42)44-21-7-9-23-46(44)55(49)47-24-10-12-27-50(47)57(39-18-5-2-6-19-39)51-28-13-11-25-48(51)55/h1-34H;1-36H. The van der Waals surface area contributed by atoms with Gasteiger partial charge < -0.3 is 23.7 Å². The van der Waals surface area contributed by atoms with Crippen LogP contribution in [0.2, 0.25) is 0 Å². The third-order valence-corrected chi connectivity index (χ3v) is 26.2. The fourth-order valence-corrected chi connectivity index (χ4v) is 21.4. The highest BCUT2D eigenvalue weighted by molar-refractivity contribution is 7.25. The van der Waals surface area contributed by atoms with Crippen molar-refractivity contribution < 1.29 is 4.42 Å². The van der Waals surface area contributed by atoms with E-state index in [0.717, 1.165) is 61.8 Å². The Labute approximate surface area is 675 Å². The van der Waals surface area contributed by atoms with Gasteiger partial charge in [0.1, 0.15) is 11.2 Å². The lowest BCUT2D eigenvalue weighted by atomic mass is 9.64. The second kappa shape index (κ2) is 25.9. The molecule has 0 saturated carbocycles. The van der Waals surface area contributed by atoms with Crippen molar-refractivity contribution in [3.8, 4) is 50.2 Å². The molecule has 21 aromatic rings. The highest BCUT2D eigenvalue weighted by Gasteiger charge is 2.53. The molecule has 0 amide bonds. The molecule has 5 nitrogen and oxygen atoms in total. The molecule has 0 bridgehead atoms. The molecule has 0 radical (unpaired) electrons. The van der Waals surface area contributed by atoms with E-state index in [0.29, 0.717) is 0 Å². The highest BCUT2D eigenvalue weighted by Crippen LogP contribution is 2.66. The lowest BCUT2D eigenvalue weighted by Gasteiger charge is -2.45. The average Bonchev–Trinajstić information content (AvgIpc) is 1.58. The van der Waals surface area contributed by atoms with E-state index in [2.05, 4.69) is 432 Å². The topological polar surface area (TPSA) is 27.8 Å². The van der Waals surface area contributed by atoms with E-state index < -0.39 is 10.8 Å². The van der Waals surface area contributed by atoms with Crippen LogP contribution in [0.25, 0.3) is 114 Å². The Morgan fingerprint density at radius 2 is 0.690 bits per heavy atom. The van der Waals surface area contributed by atoms with Crippen LogP contribution in [0.3, 0.4) is 0 Å². The summed E-state index contributed by atoms with van der Waals surface area (Å²) >= 11 is 1.86. The molecule has 25 rings (SSSR count). The Kier molecular flexibility index (Phi) is 14.7. The first-order valence-corrected chi connectivity index (χ1v) is 40.8. The van der Waals surface area contributed by atoms with Crippen molar-refractivity contribution in [1.29, 1.82) is 0 Å². The second-order valence-corrected chi connectivity index (χ2v) is 31.9. The first kappa shape index (κ1) is 65.8. The highest BCUT2D eigenvalue weighted by atomic mass is 32.1. The summed E-state index contributed by atoms with van der Waals surface area (Å²) in [5, 5.41) is 7.42. The maximum atomic E-state index is 6.19. The van der Waals surface area contributed by atoms with Crippen LogP contribution in [0.4, 0.5) is 51.2 Å². The van der Waals surface area contributed by atoms with Crippen molar-refractivity contribution >= 4 is 126 Å². The zero-order valence-electron chi connectivity index (χ0n) is 63.0. The van der Waals surface area contributed by atoms with E-state index in [9.17, 15) is 0 Å². The van der Waals surface area contributed by atoms with E-state index in [1.165, 1.54) is 148 Å². The zero-order chi connectivity index (χ0) is 76.2. The van der Waals surface area contributed by atoms with Gasteiger partial charge in [-0.3, -0.25) is 0 Å². The molecule has 542 valence electrons. The van der Waals surface area contributed by atoms with Gasteiger partial charge in [-0.15, -0.1) is 11.3 Å². The summed E-state index contributed by atoms with van der Waals surface area (Å²) in [5.74, 6) is 0. The van der Waals surface area contributed by atoms with Crippen LogP contribution in [0, 0.1) is 0 Å². The predicted octanol–water partition coefficient (Wildman–Crippen LogP) is 29.8. The van der Waals surface area contributed by atoms with Crippen molar-refractivity contribution in [2.24, 2.45) is 0 Å². The second-order valence-electron chi connectivity index (χ2n) is 30.8. The van der Waals surface area contributed by atoms with Crippen LogP contribution < -0.4 is 14.7 Å². The van der Waals surface area contributed by atoms with Crippen molar-refractivity contribution in [2.75, 3.05) is 14.7 Å². The molecule has 1 atom stereocenters. The van der Waals surface area contributed by atoms with Gasteiger partial charge in [-0.1, -0.05) is 285 Å². The Hall–Kier alpha value is -14.8. The third kappa shape index (κ3) is 9.56. The van der Waals surface area contributed by atoms with Crippen LogP contribution in [-0.2, 0) is 10.8 Å². The quantitative estimate of drug-likeness (QED) is 0.144. The van der Waals surface area contributed by atoms with Crippen LogP contribution in [0.5, 0.6) is 0 Å². The average molecular weight is 1500 g/mol. The largest absolute Gasteiger partial charge is 0.456 e. The summed E-state index contributed by atoms with van der Waals surface area (Å²) in [4.78, 5) is 7.15. The SMILES string of the molecule is c1ccc(N(c2ccc(-c3ccc4c(c3)-c3ccccc3C43c4ccccc4-n4c5ccccc5c5cccc3c54)cc2)c2ccc3oc4ccccc4c3c2)cc1.c1ccc(N(c2ccc(-c3cccc4c3-c3ccccc3C43c4ccccc4N(c4ccccc4)c4ccccc43)cc2)c2ccc3sc4ccccc4c3c2)cc1. The molecule has 1 unspecified atom stereocenters. The molecule has 3 aromatic heterocycles. The summed E-state index contributed by atoms with van der Waals surface area (Å²) in [6.07, 6.45) is 0. The number of nitrogens with zero attached hydrogens (tertiary/aromatic N) is 4. The van der Waals surface area contributed by atoms with Crippen molar-refractivity contribution in [3.05, 3.63) is 469 Å². The number of benzene rings is 18. The number of furan rings is 1. The number of hydrogen-bond donors (Lipinski definition) is 0.